The first-order valence-corrected chi connectivity index (χ1v) is 11.7. The lowest BCUT2D eigenvalue weighted by Crippen LogP contribution is -2.62. The molecule has 1 fully saturated rings. The van der Waals surface area contributed by atoms with E-state index in [9.17, 15) is 25.2 Å². The zero-order valence-electron chi connectivity index (χ0n) is 18.5. The Labute approximate surface area is 181 Å². The predicted octanol–water partition coefficient (Wildman–Crippen LogP) is 3.33. The molecule has 0 saturated carbocycles. The van der Waals surface area contributed by atoms with Crippen LogP contribution in [0.25, 0.3) is 0 Å². The Morgan fingerprint density at radius 3 is 2.07 bits per heavy atom. The fourth-order valence-corrected chi connectivity index (χ4v) is 3.46. The second-order valence-corrected chi connectivity index (χ2v) is 8.25. The van der Waals surface area contributed by atoms with Gasteiger partial charge < -0.3 is 29.9 Å². The summed E-state index contributed by atoms with van der Waals surface area (Å²) < 4.78 is 9.60. The van der Waals surface area contributed by atoms with Crippen LogP contribution in [0.5, 0.6) is 0 Å². The molecule has 0 spiro atoms. The maximum Gasteiger partial charge on any atom is 0.357 e. The van der Waals surface area contributed by atoms with Gasteiger partial charge in [-0.3, -0.25) is 4.79 Å². The smallest absolute Gasteiger partial charge is 0.357 e. The number of rotatable bonds is 16. The third kappa shape index (κ3) is 10.9. The van der Waals surface area contributed by atoms with Crippen LogP contribution >= 0.6 is 0 Å². The van der Waals surface area contributed by atoms with Crippen LogP contribution in [0.4, 0.5) is 0 Å². The number of ether oxygens (including phenoxy) is 2. The van der Waals surface area contributed by atoms with Gasteiger partial charge in [-0.1, -0.05) is 70.4 Å². The van der Waals surface area contributed by atoms with E-state index in [2.05, 4.69) is 19.1 Å². The minimum absolute atomic E-state index is 0.0925. The molecule has 7 heteroatoms. The number of allylic oxidation sites excluding steroid dienone is 2. The average Bonchev–Trinajstić information content (AvgIpc) is 2.72. The van der Waals surface area contributed by atoms with E-state index in [1.54, 1.807) is 0 Å². The van der Waals surface area contributed by atoms with Gasteiger partial charge in [0.05, 0.1) is 6.61 Å². The van der Waals surface area contributed by atoms with Gasteiger partial charge in [0.15, 0.2) is 6.10 Å². The molecule has 0 amide bonds. The van der Waals surface area contributed by atoms with Crippen molar-refractivity contribution in [3.05, 3.63) is 12.2 Å². The van der Waals surface area contributed by atoms with Crippen LogP contribution in [0.3, 0.4) is 0 Å². The summed E-state index contributed by atoms with van der Waals surface area (Å²) in [7, 11) is 0. The monoisotopic (exact) mass is 430 g/mol. The van der Waals surface area contributed by atoms with E-state index in [0.29, 0.717) is 6.42 Å². The lowest BCUT2D eigenvalue weighted by molar-refractivity contribution is -0.415. The lowest BCUT2D eigenvalue weighted by Gasteiger charge is -2.39. The molecule has 1 unspecified atom stereocenters. The Kier molecular flexibility index (Phi) is 14.2. The van der Waals surface area contributed by atoms with Gasteiger partial charge in [-0.15, -0.1) is 0 Å². The number of aliphatic hydroxyl groups excluding tert-OH is 3. The Hall–Kier alpha value is -0.990. The number of hydrogen-bond donors (Lipinski definition) is 4. The van der Waals surface area contributed by atoms with Gasteiger partial charge >= 0.3 is 11.9 Å². The van der Waals surface area contributed by atoms with Crippen molar-refractivity contribution in [3.8, 4) is 0 Å². The summed E-state index contributed by atoms with van der Waals surface area (Å²) in [6.45, 7) is 1.80. The second-order valence-electron chi connectivity index (χ2n) is 8.25. The Morgan fingerprint density at radius 2 is 1.47 bits per heavy atom. The molecule has 176 valence electrons. The van der Waals surface area contributed by atoms with Crippen LogP contribution in [-0.4, -0.2) is 57.3 Å². The van der Waals surface area contributed by atoms with Gasteiger partial charge in [0.2, 0.25) is 0 Å². The molecular weight excluding hydrogens is 388 g/mol. The maximum absolute atomic E-state index is 11.9. The number of unbranched alkanes of at least 4 members (excludes halogenated alkanes) is 11. The molecule has 1 rings (SSSR count). The van der Waals surface area contributed by atoms with Crippen LogP contribution in [0.15, 0.2) is 12.2 Å². The first kappa shape index (κ1) is 27.0. The SMILES string of the molecule is CCCCCCCC/C=C\CCCCCCCC(=O)OC1(O)OC[C@@H](O)[C@H](O)[C@H]1O. The van der Waals surface area contributed by atoms with Crippen molar-refractivity contribution < 1.29 is 34.7 Å². The average molecular weight is 431 g/mol. The molecule has 0 aromatic carbocycles. The topological polar surface area (TPSA) is 116 Å². The molecule has 0 aromatic rings. The van der Waals surface area contributed by atoms with E-state index in [1.165, 1.54) is 44.9 Å². The van der Waals surface area contributed by atoms with Crippen molar-refractivity contribution in [2.45, 2.75) is 121 Å². The second kappa shape index (κ2) is 15.8. The van der Waals surface area contributed by atoms with E-state index >= 15 is 0 Å². The normalized spacial score (nSPS) is 26.9. The van der Waals surface area contributed by atoms with Gasteiger partial charge in [0, 0.05) is 6.42 Å². The molecule has 0 aromatic heterocycles. The summed E-state index contributed by atoms with van der Waals surface area (Å²) in [4.78, 5) is 11.9. The molecule has 0 aliphatic carbocycles. The van der Waals surface area contributed by atoms with Crippen molar-refractivity contribution >= 4 is 5.97 Å². The highest BCUT2D eigenvalue weighted by molar-refractivity contribution is 5.69. The molecule has 4 N–H and O–H groups in total. The molecule has 0 bridgehead atoms. The first-order valence-electron chi connectivity index (χ1n) is 11.7. The number of aliphatic hydroxyl groups is 4. The van der Waals surface area contributed by atoms with E-state index < -0.39 is 36.9 Å². The molecule has 7 nitrogen and oxygen atoms in total. The molecule has 1 aliphatic heterocycles. The zero-order chi connectivity index (χ0) is 22.2. The zero-order valence-corrected chi connectivity index (χ0v) is 18.5. The third-order valence-corrected chi connectivity index (χ3v) is 5.46. The highest BCUT2D eigenvalue weighted by atomic mass is 16.8. The fraction of sp³-hybridized carbons (Fsp3) is 0.870. The van der Waals surface area contributed by atoms with Gasteiger partial charge in [-0.2, -0.15) is 0 Å². The summed E-state index contributed by atoms with van der Waals surface area (Å²) in [5.41, 5.74) is 0. The lowest BCUT2D eigenvalue weighted by atomic mass is 10.0. The number of hydrogen-bond acceptors (Lipinski definition) is 7. The standard InChI is InChI=1S/C23H42O7/c1-2-3-4-5-6-7-8-9-10-11-12-13-14-15-16-17-20(25)30-23(28)22(27)21(26)19(24)18-29-23/h9-10,19,21-22,24,26-28H,2-8,11-18H2,1H3/b10-9-/t19-,21+,22-,23?/m1/s1. The van der Waals surface area contributed by atoms with Gasteiger partial charge in [-0.25, -0.2) is 0 Å². The molecule has 0 radical (unpaired) electrons. The fourth-order valence-electron chi connectivity index (χ4n) is 3.46. The van der Waals surface area contributed by atoms with Crippen LogP contribution < -0.4 is 0 Å². The largest absolute Gasteiger partial charge is 0.406 e. The molecule has 1 aliphatic rings. The highest BCUT2D eigenvalue weighted by Gasteiger charge is 2.51. The Balaban J connectivity index is 1.98. The van der Waals surface area contributed by atoms with E-state index in [1.807, 2.05) is 0 Å². The van der Waals surface area contributed by atoms with Crippen LogP contribution in [-0.2, 0) is 14.3 Å². The van der Waals surface area contributed by atoms with E-state index in [0.717, 1.165) is 32.1 Å². The predicted molar refractivity (Wildman–Crippen MR) is 114 cm³/mol. The third-order valence-electron chi connectivity index (χ3n) is 5.46. The summed E-state index contributed by atoms with van der Waals surface area (Å²) in [5, 5.41) is 38.7. The quantitative estimate of drug-likeness (QED) is 0.128. The van der Waals surface area contributed by atoms with Crippen LogP contribution in [0, 0.1) is 0 Å². The maximum atomic E-state index is 11.9. The molecule has 1 heterocycles. The molecule has 30 heavy (non-hydrogen) atoms. The van der Waals surface area contributed by atoms with Crippen molar-refractivity contribution in [2.75, 3.05) is 6.61 Å². The van der Waals surface area contributed by atoms with Gasteiger partial charge in [-0.05, 0) is 32.1 Å². The highest BCUT2D eigenvalue weighted by Crippen LogP contribution is 2.26. The van der Waals surface area contributed by atoms with E-state index in [4.69, 9.17) is 9.47 Å². The summed E-state index contributed by atoms with van der Waals surface area (Å²) in [6.07, 6.45) is 14.7. The van der Waals surface area contributed by atoms with Gasteiger partial charge in [0.1, 0.15) is 12.2 Å². The van der Waals surface area contributed by atoms with Crippen molar-refractivity contribution in [2.24, 2.45) is 0 Å². The van der Waals surface area contributed by atoms with Crippen molar-refractivity contribution in [1.82, 2.24) is 0 Å². The summed E-state index contributed by atoms with van der Waals surface area (Å²) >= 11 is 0. The minimum atomic E-state index is -2.61. The number of carbonyl (C=O) groups is 1. The molecule has 4 atom stereocenters. The van der Waals surface area contributed by atoms with Crippen LogP contribution in [0.1, 0.15) is 96.8 Å². The van der Waals surface area contributed by atoms with Crippen molar-refractivity contribution in [1.29, 1.82) is 0 Å². The molecular formula is C23H42O7. The summed E-state index contributed by atoms with van der Waals surface area (Å²) in [5.74, 6) is -3.32. The van der Waals surface area contributed by atoms with E-state index in [-0.39, 0.29) is 6.42 Å². The minimum Gasteiger partial charge on any atom is -0.406 e. The number of carbonyl (C=O) groups excluding carboxylic acids is 1. The number of esters is 1. The van der Waals surface area contributed by atoms with Crippen molar-refractivity contribution in [3.63, 3.8) is 0 Å². The first-order chi connectivity index (χ1) is 14.4. The van der Waals surface area contributed by atoms with Crippen LogP contribution in [0.2, 0.25) is 0 Å². The van der Waals surface area contributed by atoms with Gasteiger partial charge in [0.25, 0.3) is 0 Å². The Bertz CT molecular complexity index is 482. The molecule has 1 saturated heterocycles. The summed E-state index contributed by atoms with van der Waals surface area (Å²) in [6, 6.07) is 0. The Morgan fingerprint density at radius 1 is 0.933 bits per heavy atom.